The van der Waals surface area contributed by atoms with E-state index in [2.05, 4.69) is 10.3 Å². The van der Waals surface area contributed by atoms with Crippen molar-refractivity contribution in [3.05, 3.63) is 51.6 Å². The lowest BCUT2D eigenvalue weighted by atomic mass is 10.2. The topological polar surface area (TPSA) is 94.1 Å². The highest BCUT2D eigenvalue weighted by Gasteiger charge is 2.11. The van der Waals surface area contributed by atoms with Crippen LogP contribution in [0, 0.1) is 15.9 Å². The van der Waals surface area contributed by atoms with Gasteiger partial charge in [0.25, 0.3) is 5.69 Å². The Morgan fingerprint density at radius 2 is 2.26 bits per heavy atom. The van der Waals surface area contributed by atoms with Crippen molar-refractivity contribution in [2.24, 2.45) is 0 Å². The fourth-order valence-corrected chi connectivity index (χ4v) is 1.60. The Morgan fingerprint density at radius 3 is 2.84 bits per heavy atom. The minimum atomic E-state index is -0.754. The number of hydrogen-bond donors (Lipinski definition) is 1. The highest BCUT2D eigenvalue weighted by molar-refractivity contribution is 5.35. The molecule has 1 aromatic carbocycles. The molecule has 1 N–H and O–H groups in total. The van der Waals surface area contributed by atoms with Gasteiger partial charge in [0, 0.05) is 6.07 Å². The average Bonchev–Trinajstić information content (AvgIpc) is 2.76. The first-order valence-corrected chi connectivity index (χ1v) is 5.47. The molecule has 0 amide bonds. The Hall–Kier alpha value is -2.35. The van der Waals surface area contributed by atoms with E-state index >= 15 is 0 Å². The molecule has 0 bridgehead atoms. The fraction of sp³-hybridized carbons (Fsp3) is 0.273. The fourth-order valence-electron chi connectivity index (χ4n) is 1.60. The molecule has 0 saturated heterocycles. The van der Waals surface area contributed by atoms with Gasteiger partial charge in [-0.25, -0.2) is 9.07 Å². The van der Waals surface area contributed by atoms with Gasteiger partial charge in [-0.3, -0.25) is 10.1 Å². The Kier molecular flexibility index (Phi) is 3.52. The summed E-state index contributed by atoms with van der Waals surface area (Å²) in [5, 5.41) is 27.4. The van der Waals surface area contributed by atoms with Crippen LogP contribution < -0.4 is 0 Å². The van der Waals surface area contributed by atoms with Crippen LogP contribution in [-0.4, -0.2) is 25.0 Å². The number of rotatable bonds is 4. The van der Waals surface area contributed by atoms with Gasteiger partial charge in [-0.1, -0.05) is 5.21 Å². The van der Waals surface area contributed by atoms with Crippen LogP contribution in [0.2, 0.25) is 0 Å². The van der Waals surface area contributed by atoms with E-state index in [1.165, 1.54) is 23.0 Å². The van der Waals surface area contributed by atoms with Gasteiger partial charge in [0.2, 0.25) is 0 Å². The maximum absolute atomic E-state index is 13.2. The molecule has 2 aromatic rings. The second kappa shape index (κ2) is 5.11. The van der Waals surface area contributed by atoms with E-state index in [0.717, 1.165) is 6.07 Å². The number of benzene rings is 1. The third-order valence-corrected chi connectivity index (χ3v) is 2.48. The van der Waals surface area contributed by atoms with Crippen LogP contribution in [0.25, 0.3) is 0 Å². The molecule has 100 valence electrons. The van der Waals surface area contributed by atoms with Gasteiger partial charge < -0.3 is 5.11 Å². The molecule has 7 nitrogen and oxygen atoms in total. The Balaban J connectivity index is 2.24. The standard InChI is InChI=1S/C11H11FN4O3/c1-7(17)11-6-15(14-13-11)5-8-2-9(12)4-10(3-8)16(18)19/h2-4,6-7,17H,5H2,1H3. The predicted molar refractivity (Wildman–Crippen MR) is 62.8 cm³/mol. The number of nitro groups is 1. The third-order valence-electron chi connectivity index (χ3n) is 2.48. The largest absolute Gasteiger partial charge is 0.387 e. The Labute approximate surface area is 107 Å². The molecule has 0 aliphatic carbocycles. The summed E-state index contributed by atoms with van der Waals surface area (Å²) in [5.41, 5.74) is 0.463. The van der Waals surface area contributed by atoms with Gasteiger partial charge in [0.15, 0.2) is 0 Å². The molecule has 1 heterocycles. The number of aromatic nitrogens is 3. The number of hydrogen-bond acceptors (Lipinski definition) is 5. The van der Waals surface area contributed by atoms with Crippen molar-refractivity contribution in [2.45, 2.75) is 19.6 Å². The summed E-state index contributed by atoms with van der Waals surface area (Å²) in [5.74, 6) is -0.680. The number of aliphatic hydroxyl groups is 1. The lowest BCUT2D eigenvalue weighted by molar-refractivity contribution is -0.385. The molecule has 1 aromatic heterocycles. The summed E-state index contributed by atoms with van der Waals surface area (Å²) in [7, 11) is 0. The van der Waals surface area contributed by atoms with Crippen molar-refractivity contribution in [3.63, 3.8) is 0 Å². The molecule has 2 rings (SSSR count). The molecule has 0 radical (unpaired) electrons. The van der Waals surface area contributed by atoms with Gasteiger partial charge in [0.05, 0.1) is 29.8 Å². The zero-order chi connectivity index (χ0) is 14.0. The Morgan fingerprint density at radius 1 is 1.53 bits per heavy atom. The second-order valence-electron chi connectivity index (χ2n) is 4.09. The molecule has 8 heteroatoms. The number of nitrogens with zero attached hydrogens (tertiary/aromatic N) is 4. The molecular weight excluding hydrogens is 255 g/mol. The van der Waals surface area contributed by atoms with Crippen molar-refractivity contribution in [1.82, 2.24) is 15.0 Å². The highest BCUT2D eigenvalue weighted by Crippen LogP contribution is 2.17. The molecule has 0 fully saturated rings. The SMILES string of the molecule is CC(O)c1cn(Cc2cc(F)cc([N+](=O)[O-])c2)nn1. The number of halogens is 1. The van der Waals surface area contributed by atoms with Crippen LogP contribution >= 0.6 is 0 Å². The predicted octanol–water partition coefficient (Wildman–Crippen LogP) is 1.43. The Bertz CT molecular complexity index is 612. The van der Waals surface area contributed by atoms with Crippen LogP contribution in [0.1, 0.15) is 24.3 Å². The van der Waals surface area contributed by atoms with Gasteiger partial charge in [-0.15, -0.1) is 5.10 Å². The molecule has 0 aliphatic rings. The van der Waals surface area contributed by atoms with Gasteiger partial charge in [0.1, 0.15) is 11.5 Å². The normalized spacial score (nSPS) is 12.4. The molecule has 0 saturated carbocycles. The molecule has 1 atom stereocenters. The summed E-state index contributed by atoms with van der Waals surface area (Å²) in [6.45, 7) is 1.68. The van der Waals surface area contributed by atoms with Gasteiger partial charge in [-0.2, -0.15) is 0 Å². The first-order chi connectivity index (χ1) is 8.95. The van der Waals surface area contributed by atoms with Crippen LogP contribution in [0.3, 0.4) is 0 Å². The molecule has 1 unspecified atom stereocenters. The van der Waals surface area contributed by atoms with Crippen molar-refractivity contribution in [3.8, 4) is 0 Å². The number of non-ortho nitro benzene ring substituents is 1. The maximum Gasteiger partial charge on any atom is 0.272 e. The first kappa shape index (κ1) is 13.1. The van der Waals surface area contributed by atoms with Crippen molar-refractivity contribution >= 4 is 5.69 Å². The van der Waals surface area contributed by atoms with Crippen molar-refractivity contribution in [1.29, 1.82) is 0 Å². The molecular formula is C11H11FN4O3. The van der Waals surface area contributed by atoms with Crippen molar-refractivity contribution in [2.75, 3.05) is 0 Å². The van der Waals surface area contributed by atoms with E-state index in [1.807, 2.05) is 0 Å². The molecule has 19 heavy (non-hydrogen) atoms. The molecule has 0 aliphatic heterocycles. The van der Waals surface area contributed by atoms with E-state index in [0.29, 0.717) is 11.3 Å². The zero-order valence-electron chi connectivity index (χ0n) is 10.0. The lowest BCUT2D eigenvalue weighted by Gasteiger charge is -2.02. The first-order valence-electron chi connectivity index (χ1n) is 5.47. The minimum absolute atomic E-state index is 0.137. The van der Waals surface area contributed by atoms with E-state index < -0.39 is 16.8 Å². The minimum Gasteiger partial charge on any atom is -0.387 e. The third kappa shape index (κ3) is 3.10. The van der Waals surface area contributed by atoms with Crippen LogP contribution in [-0.2, 0) is 6.54 Å². The van der Waals surface area contributed by atoms with Crippen LogP contribution in [0.5, 0.6) is 0 Å². The summed E-state index contributed by atoms with van der Waals surface area (Å²) in [6, 6.07) is 3.32. The van der Waals surface area contributed by atoms with E-state index in [1.54, 1.807) is 6.92 Å². The van der Waals surface area contributed by atoms with Gasteiger partial charge >= 0.3 is 0 Å². The average molecular weight is 266 g/mol. The van der Waals surface area contributed by atoms with E-state index in [-0.39, 0.29) is 12.2 Å². The van der Waals surface area contributed by atoms with E-state index in [4.69, 9.17) is 0 Å². The highest BCUT2D eigenvalue weighted by atomic mass is 19.1. The monoisotopic (exact) mass is 266 g/mol. The maximum atomic E-state index is 13.2. The lowest BCUT2D eigenvalue weighted by Crippen LogP contribution is -2.02. The summed E-state index contributed by atoms with van der Waals surface area (Å²) in [6.07, 6.45) is 0.747. The number of aliphatic hydroxyl groups excluding tert-OH is 1. The smallest absolute Gasteiger partial charge is 0.272 e. The molecule has 0 spiro atoms. The second-order valence-corrected chi connectivity index (χ2v) is 4.09. The zero-order valence-corrected chi connectivity index (χ0v) is 10.0. The summed E-state index contributed by atoms with van der Waals surface area (Å²) in [4.78, 5) is 9.96. The quantitative estimate of drug-likeness (QED) is 0.667. The summed E-state index contributed by atoms with van der Waals surface area (Å²) < 4.78 is 14.6. The van der Waals surface area contributed by atoms with Crippen molar-refractivity contribution < 1.29 is 14.4 Å². The van der Waals surface area contributed by atoms with Gasteiger partial charge in [-0.05, 0) is 18.6 Å². The number of nitro benzene ring substituents is 1. The van der Waals surface area contributed by atoms with E-state index in [9.17, 15) is 19.6 Å². The van der Waals surface area contributed by atoms with Crippen LogP contribution in [0.15, 0.2) is 24.4 Å². The van der Waals surface area contributed by atoms with Crippen LogP contribution in [0.4, 0.5) is 10.1 Å². The summed E-state index contributed by atoms with van der Waals surface area (Å²) >= 11 is 0.